The molecule has 1 aliphatic carbocycles. The molecule has 1 amide bonds. The number of hydrogen-bond acceptors (Lipinski definition) is 2. The maximum atomic E-state index is 11.7. The van der Waals surface area contributed by atoms with Gasteiger partial charge in [-0.15, -0.1) is 0 Å². The lowest BCUT2D eigenvalue weighted by Crippen LogP contribution is -2.17. The predicted molar refractivity (Wildman–Crippen MR) is 67.0 cm³/mol. The number of rotatable bonds is 3. The molecule has 0 unspecified atom stereocenters. The maximum absolute atomic E-state index is 11.7. The summed E-state index contributed by atoms with van der Waals surface area (Å²) in [6.07, 6.45) is 0.409. The number of amides is 1. The van der Waals surface area contributed by atoms with Crippen molar-refractivity contribution in [1.29, 1.82) is 0 Å². The molecule has 90 valence electrons. The van der Waals surface area contributed by atoms with E-state index in [1.165, 1.54) is 0 Å². The minimum atomic E-state index is -0.916. The van der Waals surface area contributed by atoms with Gasteiger partial charge in [-0.25, -0.2) is 0 Å². The van der Waals surface area contributed by atoms with E-state index in [2.05, 4.69) is 21.2 Å². The standard InChI is InChI=1S/C11H9BrClNO3/c12-8-3-5(13)1-2-9(8)14-10(15)6-4-7(6)11(16)17/h1-3,6-7H,4H2,(H,14,15)(H,16,17)/t6-,7+/m1/s1. The third-order valence-electron chi connectivity index (χ3n) is 2.63. The zero-order valence-electron chi connectivity index (χ0n) is 8.61. The lowest BCUT2D eigenvalue weighted by molar-refractivity contribution is -0.139. The van der Waals surface area contributed by atoms with Crippen molar-refractivity contribution in [1.82, 2.24) is 0 Å². The predicted octanol–water partition coefficient (Wildman–Crippen LogP) is 2.76. The Hall–Kier alpha value is -1.07. The van der Waals surface area contributed by atoms with Gasteiger partial charge in [-0.1, -0.05) is 11.6 Å². The fourth-order valence-electron chi connectivity index (χ4n) is 1.57. The van der Waals surface area contributed by atoms with Crippen LogP contribution in [-0.2, 0) is 9.59 Å². The van der Waals surface area contributed by atoms with Gasteiger partial charge in [0.15, 0.2) is 0 Å². The number of hydrogen-bond donors (Lipinski definition) is 2. The normalized spacial score (nSPS) is 22.0. The number of halogens is 2. The molecule has 1 aromatic rings. The number of anilines is 1. The number of carbonyl (C=O) groups is 2. The SMILES string of the molecule is O=C(O)[C@H]1C[C@H]1C(=O)Nc1ccc(Cl)cc1Br. The summed E-state index contributed by atoms with van der Waals surface area (Å²) in [5, 5.41) is 12.0. The monoisotopic (exact) mass is 317 g/mol. The van der Waals surface area contributed by atoms with Gasteiger partial charge in [0.25, 0.3) is 0 Å². The van der Waals surface area contributed by atoms with Crippen molar-refractivity contribution < 1.29 is 14.7 Å². The Morgan fingerprint density at radius 3 is 2.65 bits per heavy atom. The van der Waals surface area contributed by atoms with Crippen molar-refractivity contribution in [2.45, 2.75) is 6.42 Å². The molecule has 2 atom stereocenters. The molecule has 0 heterocycles. The van der Waals surface area contributed by atoms with Crippen LogP contribution in [0.2, 0.25) is 5.02 Å². The van der Waals surface area contributed by atoms with Crippen molar-refractivity contribution >= 4 is 45.1 Å². The van der Waals surface area contributed by atoms with Gasteiger partial charge in [0.2, 0.25) is 5.91 Å². The number of carboxylic acid groups (broad SMARTS) is 1. The minimum Gasteiger partial charge on any atom is -0.481 e. The number of carbonyl (C=O) groups excluding carboxylic acids is 1. The largest absolute Gasteiger partial charge is 0.481 e. The Labute approximate surface area is 111 Å². The highest BCUT2D eigenvalue weighted by atomic mass is 79.9. The summed E-state index contributed by atoms with van der Waals surface area (Å²) in [6, 6.07) is 4.99. The van der Waals surface area contributed by atoms with E-state index in [1.807, 2.05) is 0 Å². The van der Waals surface area contributed by atoms with E-state index in [1.54, 1.807) is 18.2 Å². The second-order valence-electron chi connectivity index (χ2n) is 3.90. The summed E-state index contributed by atoms with van der Waals surface area (Å²) < 4.78 is 0.672. The molecule has 0 spiro atoms. The molecule has 17 heavy (non-hydrogen) atoms. The van der Waals surface area contributed by atoms with Crippen LogP contribution < -0.4 is 5.32 Å². The molecule has 1 saturated carbocycles. The highest BCUT2D eigenvalue weighted by molar-refractivity contribution is 9.10. The van der Waals surface area contributed by atoms with Crippen LogP contribution in [0.3, 0.4) is 0 Å². The van der Waals surface area contributed by atoms with E-state index in [-0.39, 0.29) is 5.91 Å². The second kappa shape index (κ2) is 4.66. The summed E-state index contributed by atoms with van der Waals surface area (Å²) in [5.41, 5.74) is 0.593. The molecule has 2 rings (SSSR count). The van der Waals surface area contributed by atoms with E-state index in [0.717, 1.165) is 0 Å². The first-order valence-corrected chi connectivity index (χ1v) is 6.15. The van der Waals surface area contributed by atoms with Crippen molar-refractivity contribution in [3.63, 3.8) is 0 Å². The first kappa shape index (κ1) is 12.4. The quantitative estimate of drug-likeness (QED) is 0.900. The molecular formula is C11H9BrClNO3. The molecule has 0 bridgehead atoms. The van der Waals surface area contributed by atoms with Gasteiger partial charge >= 0.3 is 5.97 Å². The fourth-order valence-corrected chi connectivity index (χ4v) is 2.36. The van der Waals surface area contributed by atoms with Crippen molar-refractivity contribution in [3.8, 4) is 0 Å². The van der Waals surface area contributed by atoms with Crippen LogP contribution in [0.5, 0.6) is 0 Å². The van der Waals surface area contributed by atoms with E-state index in [0.29, 0.717) is 21.6 Å². The van der Waals surface area contributed by atoms with E-state index in [4.69, 9.17) is 16.7 Å². The molecule has 0 saturated heterocycles. The topological polar surface area (TPSA) is 66.4 Å². The highest BCUT2D eigenvalue weighted by Gasteiger charge is 2.48. The van der Waals surface area contributed by atoms with Crippen LogP contribution in [0.25, 0.3) is 0 Å². The average Bonchev–Trinajstić information content (AvgIpc) is 3.01. The zero-order chi connectivity index (χ0) is 12.6. The Bertz CT molecular complexity index is 492. The number of carboxylic acids is 1. The fraction of sp³-hybridized carbons (Fsp3) is 0.273. The van der Waals surface area contributed by atoms with Crippen molar-refractivity contribution in [2.75, 3.05) is 5.32 Å². The molecule has 1 aromatic carbocycles. The lowest BCUT2D eigenvalue weighted by Gasteiger charge is -2.06. The third kappa shape index (κ3) is 2.79. The van der Waals surface area contributed by atoms with E-state index in [9.17, 15) is 9.59 Å². The van der Waals surface area contributed by atoms with Crippen molar-refractivity contribution in [2.24, 2.45) is 11.8 Å². The molecule has 2 N–H and O–H groups in total. The van der Waals surface area contributed by atoms with Crippen LogP contribution in [0.4, 0.5) is 5.69 Å². The first-order chi connectivity index (χ1) is 7.99. The molecule has 1 fully saturated rings. The average molecular weight is 319 g/mol. The molecule has 0 aliphatic heterocycles. The summed E-state index contributed by atoms with van der Waals surface area (Å²) in [4.78, 5) is 22.3. The zero-order valence-corrected chi connectivity index (χ0v) is 11.0. The molecule has 6 heteroatoms. The van der Waals surface area contributed by atoms with Crippen LogP contribution in [0, 0.1) is 11.8 Å². The van der Waals surface area contributed by atoms with Crippen molar-refractivity contribution in [3.05, 3.63) is 27.7 Å². The van der Waals surface area contributed by atoms with E-state index >= 15 is 0 Å². The second-order valence-corrected chi connectivity index (χ2v) is 5.19. The van der Waals surface area contributed by atoms with Gasteiger partial charge in [-0.3, -0.25) is 9.59 Å². The molecule has 1 aliphatic rings. The van der Waals surface area contributed by atoms with Crippen LogP contribution >= 0.6 is 27.5 Å². The van der Waals surface area contributed by atoms with Crippen LogP contribution in [-0.4, -0.2) is 17.0 Å². The van der Waals surface area contributed by atoms with Crippen LogP contribution in [0.15, 0.2) is 22.7 Å². The van der Waals surface area contributed by atoms with Gasteiger partial charge in [0, 0.05) is 9.50 Å². The third-order valence-corrected chi connectivity index (χ3v) is 3.52. The molecule has 4 nitrogen and oxygen atoms in total. The number of nitrogens with one attached hydrogen (secondary N) is 1. The molecule has 0 radical (unpaired) electrons. The molecular weight excluding hydrogens is 309 g/mol. The Balaban J connectivity index is 2.02. The van der Waals surface area contributed by atoms with Gasteiger partial charge in [-0.05, 0) is 40.5 Å². The smallest absolute Gasteiger partial charge is 0.307 e. The summed E-state index contributed by atoms with van der Waals surface area (Å²) in [7, 11) is 0. The lowest BCUT2D eigenvalue weighted by atomic mass is 10.2. The van der Waals surface area contributed by atoms with Gasteiger partial charge in [-0.2, -0.15) is 0 Å². The van der Waals surface area contributed by atoms with Gasteiger partial charge < -0.3 is 10.4 Å². The first-order valence-electron chi connectivity index (χ1n) is 4.98. The van der Waals surface area contributed by atoms with Gasteiger partial charge in [0.05, 0.1) is 17.5 Å². The Morgan fingerprint density at radius 1 is 1.41 bits per heavy atom. The summed E-state index contributed by atoms with van der Waals surface area (Å²) >= 11 is 9.05. The maximum Gasteiger partial charge on any atom is 0.307 e. The molecule has 0 aromatic heterocycles. The van der Waals surface area contributed by atoms with E-state index < -0.39 is 17.8 Å². The highest BCUT2D eigenvalue weighted by Crippen LogP contribution is 2.40. The Morgan fingerprint density at radius 2 is 2.12 bits per heavy atom. The summed E-state index contributed by atoms with van der Waals surface area (Å²) in [6.45, 7) is 0. The Kier molecular flexibility index (Phi) is 3.40. The van der Waals surface area contributed by atoms with Gasteiger partial charge in [0.1, 0.15) is 0 Å². The number of benzene rings is 1. The summed E-state index contributed by atoms with van der Waals surface area (Å²) in [5.74, 6) is -2.14. The van der Waals surface area contributed by atoms with Crippen LogP contribution in [0.1, 0.15) is 6.42 Å². The number of aliphatic carboxylic acids is 1. The minimum absolute atomic E-state index is 0.263.